The molecule has 0 N–H and O–H groups in total. The van der Waals surface area contributed by atoms with Crippen molar-refractivity contribution in [2.75, 3.05) is 74.2 Å². The Kier molecular flexibility index (Phi) is 30.7. The summed E-state index contributed by atoms with van der Waals surface area (Å²) in [6.45, 7) is 16.5. The summed E-state index contributed by atoms with van der Waals surface area (Å²) in [4.78, 5) is 35.1. The van der Waals surface area contributed by atoms with E-state index < -0.39 is 17.9 Å². The Labute approximate surface area is 412 Å². The van der Waals surface area contributed by atoms with Gasteiger partial charge >= 0.3 is 17.9 Å². The predicted molar refractivity (Wildman–Crippen MR) is 273 cm³/mol. The van der Waals surface area contributed by atoms with E-state index in [0.717, 1.165) is 150 Å². The molecule has 0 aliphatic rings. The number of benzene rings is 3. The normalized spacial score (nSPS) is 11.0. The van der Waals surface area contributed by atoms with Crippen LogP contribution < -0.4 is 14.2 Å². The van der Waals surface area contributed by atoms with Gasteiger partial charge in [0.1, 0.15) is 23.4 Å². The Morgan fingerprint density at radius 1 is 0.362 bits per heavy atom. The Morgan fingerprint density at radius 3 is 0.884 bits per heavy atom. The number of methoxy groups -OCH3 is 3. The first-order valence-corrected chi connectivity index (χ1v) is 24.9. The standard InChI is InChI=1S/C57H80O12/c1-45(55(58)61-4)48-25-31-51(32-26-48)66-39-21-15-9-7-13-19-37-64-43-54(69-42-24-18-12-11-17-23-41-68-53-35-29-50(30-36-53)47(3)57(60)63-6)44-65-38-20-14-8-10-16-22-40-67-52-33-27-49(28-34-52)46(2)56(59)62-5/h25-36,54H,1-3,7-24,37-44H2,4-6H3. The molecule has 3 aromatic carbocycles. The maximum Gasteiger partial charge on any atom is 0.337 e. The first kappa shape index (κ1) is 57.9. The van der Waals surface area contributed by atoms with E-state index in [2.05, 4.69) is 19.7 Å². The van der Waals surface area contributed by atoms with Gasteiger partial charge in [0.15, 0.2) is 0 Å². The van der Waals surface area contributed by atoms with Crippen molar-refractivity contribution in [1.29, 1.82) is 0 Å². The number of hydrogen-bond acceptors (Lipinski definition) is 12. The molecule has 3 aromatic rings. The van der Waals surface area contributed by atoms with Crippen LogP contribution in [0, 0.1) is 0 Å². The molecular weight excluding hydrogens is 877 g/mol. The highest BCUT2D eigenvalue weighted by atomic mass is 16.6. The lowest BCUT2D eigenvalue weighted by molar-refractivity contribution is -0.134. The first-order valence-electron chi connectivity index (χ1n) is 24.9. The Bertz CT molecular complexity index is 1810. The molecule has 3 rings (SSSR count). The molecule has 12 nitrogen and oxygen atoms in total. The van der Waals surface area contributed by atoms with Gasteiger partial charge in [-0.1, -0.05) is 133 Å². The average Bonchev–Trinajstić information content (AvgIpc) is 3.38. The zero-order valence-corrected chi connectivity index (χ0v) is 41.9. The molecule has 0 unspecified atom stereocenters. The molecule has 0 amide bonds. The van der Waals surface area contributed by atoms with Gasteiger partial charge in [0.25, 0.3) is 0 Å². The average molecular weight is 957 g/mol. The highest BCUT2D eigenvalue weighted by Crippen LogP contribution is 2.22. The van der Waals surface area contributed by atoms with Crippen molar-refractivity contribution in [2.45, 2.75) is 122 Å². The summed E-state index contributed by atoms with van der Waals surface area (Å²) < 4.78 is 50.4. The highest BCUT2D eigenvalue weighted by molar-refractivity contribution is 6.16. The lowest BCUT2D eigenvalue weighted by Crippen LogP contribution is -2.27. The van der Waals surface area contributed by atoms with Gasteiger partial charge in [0.2, 0.25) is 0 Å². The van der Waals surface area contributed by atoms with Crippen LogP contribution in [0.2, 0.25) is 0 Å². The van der Waals surface area contributed by atoms with Gasteiger partial charge < -0.3 is 42.6 Å². The highest BCUT2D eigenvalue weighted by Gasteiger charge is 2.13. The SMILES string of the molecule is C=C(C(=O)OC)c1ccc(OCCCCCCCCOCC(COCCCCCCCCOc2ccc(C(=C)C(=O)OC)cc2)OCCCCCCCCOc2ccc(C(=C)C(=O)OC)cc2)cc1. The lowest BCUT2D eigenvalue weighted by Gasteiger charge is -2.18. The Hall–Kier alpha value is -5.43. The summed E-state index contributed by atoms with van der Waals surface area (Å²) >= 11 is 0. The van der Waals surface area contributed by atoms with Crippen molar-refractivity contribution in [3.63, 3.8) is 0 Å². The van der Waals surface area contributed by atoms with Crippen LogP contribution in [0.1, 0.15) is 132 Å². The molecule has 0 spiro atoms. The van der Waals surface area contributed by atoms with Crippen molar-refractivity contribution in [1.82, 2.24) is 0 Å². The third kappa shape index (κ3) is 25.1. The minimum atomic E-state index is -0.437. The van der Waals surface area contributed by atoms with Crippen LogP contribution in [0.15, 0.2) is 92.5 Å². The molecule has 0 radical (unpaired) electrons. The number of rotatable bonds is 41. The fraction of sp³-hybridized carbons (Fsp3) is 0.526. The van der Waals surface area contributed by atoms with Crippen LogP contribution in [0.5, 0.6) is 17.2 Å². The van der Waals surface area contributed by atoms with Crippen LogP contribution >= 0.6 is 0 Å². The van der Waals surface area contributed by atoms with Crippen molar-refractivity contribution in [2.24, 2.45) is 0 Å². The smallest absolute Gasteiger partial charge is 0.337 e. The molecule has 0 aromatic heterocycles. The van der Waals surface area contributed by atoms with Gasteiger partial charge in [-0.3, -0.25) is 0 Å². The number of carbonyl (C=O) groups is 3. The van der Waals surface area contributed by atoms with Crippen molar-refractivity contribution in [3.8, 4) is 17.2 Å². The van der Waals surface area contributed by atoms with Crippen LogP contribution in [0.25, 0.3) is 16.7 Å². The molecule has 0 bridgehead atoms. The van der Waals surface area contributed by atoms with Crippen LogP contribution in [-0.2, 0) is 42.8 Å². The summed E-state index contributed by atoms with van der Waals surface area (Å²) in [7, 11) is 4.04. The topological polar surface area (TPSA) is 134 Å². The number of esters is 3. The molecule has 380 valence electrons. The molecule has 0 atom stereocenters. The molecule has 0 fully saturated rings. The summed E-state index contributed by atoms with van der Waals surface area (Å²) in [6.07, 6.45) is 19.5. The van der Waals surface area contributed by atoms with Gasteiger partial charge in [-0.25, -0.2) is 14.4 Å². The zero-order valence-electron chi connectivity index (χ0n) is 41.9. The van der Waals surface area contributed by atoms with E-state index in [1.807, 2.05) is 72.8 Å². The van der Waals surface area contributed by atoms with E-state index in [-0.39, 0.29) is 6.10 Å². The quantitative estimate of drug-likeness (QED) is 0.0232. The zero-order chi connectivity index (χ0) is 49.7. The molecule has 12 heteroatoms. The number of hydrogen-bond donors (Lipinski definition) is 0. The molecular formula is C57H80O12. The van der Waals surface area contributed by atoms with Gasteiger partial charge in [-0.05, 0) is 91.6 Å². The second-order valence-corrected chi connectivity index (χ2v) is 17.0. The van der Waals surface area contributed by atoms with Crippen LogP contribution in [-0.4, -0.2) is 98.2 Å². The fourth-order valence-corrected chi connectivity index (χ4v) is 7.31. The van der Waals surface area contributed by atoms with Gasteiger partial charge in [-0.2, -0.15) is 0 Å². The molecule has 0 heterocycles. The minimum absolute atomic E-state index is 0.0829. The van der Waals surface area contributed by atoms with E-state index in [1.165, 1.54) is 21.3 Å². The van der Waals surface area contributed by atoms with E-state index >= 15 is 0 Å². The van der Waals surface area contributed by atoms with Crippen LogP contribution in [0.3, 0.4) is 0 Å². The first-order chi connectivity index (χ1) is 33.7. The molecule has 0 saturated carbocycles. The van der Waals surface area contributed by atoms with Crippen molar-refractivity contribution < 1.29 is 57.0 Å². The molecule has 0 aliphatic heterocycles. The van der Waals surface area contributed by atoms with Crippen LogP contribution in [0.4, 0.5) is 0 Å². The maximum absolute atomic E-state index is 11.7. The van der Waals surface area contributed by atoms with Gasteiger partial charge in [0, 0.05) is 19.8 Å². The summed E-state index contributed by atoms with van der Waals surface area (Å²) in [5.41, 5.74) is 3.16. The molecule has 0 aliphatic carbocycles. The molecule has 0 saturated heterocycles. The van der Waals surface area contributed by atoms with E-state index in [0.29, 0.717) is 69.6 Å². The third-order valence-electron chi connectivity index (χ3n) is 11.6. The van der Waals surface area contributed by atoms with Crippen molar-refractivity contribution >= 4 is 34.6 Å². The largest absolute Gasteiger partial charge is 0.494 e. The molecule has 69 heavy (non-hydrogen) atoms. The van der Waals surface area contributed by atoms with Gasteiger partial charge in [0.05, 0.1) is 71.1 Å². The fourth-order valence-electron chi connectivity index (χ4n) is 7.31. The second-order valence-electron chi connectivity index (χ2n) is 17.0. The van der Waals surface area contributed by atoms with Gasteiger partial charge in [-0.15, -0.1) is 0 Å². The number of ether oxygens (including phenoxy) is 9. The Morgan fingerprint density at radius 2 is 0.609 bits per heavy atom. The second kappa shape index (κ2) is 36.5. The Balaban J connectivity index is 1.24. The lowest BCUT2D eigenvalue weighted by atomic mass is 10.1. The summed E-state index contributed by atoms with van der Waals surface area (Å²) in [5.74, 6) is 1.02. The van der Waals surface area contributed by atoms with E-state index in [9.17, 15) is 14.4 Å². The number of unbranched alkanes of at least 4 members (excludes halogenated alkanes) is 15. The third-order valence-corrected chi connectivity index (χ3v) is 11.6. The number of carbonyl (C=O) groups excluding carboxylic acids is 3. The minimum Gasteiger partial charge on any atom is -0.494 e. The van der Waals surface area contributed by atoms with Crippen molar-refractivity contribution in [3.05, 3.63) is 109 Å². The monoisotopic (exact) mass is 957 g/mol. The predicted octanol–water partition coefficient (Wildman–Crippen LogP) is 12.2. The maximum atomic E-state index is 11.7. The summed E-state index contributed by atoms with van der Waals surface area (Å²) in [6, 6.07) is 22.1. The van der Waals surface area contributed by atoms with E-state index in [1.54, 1.807) is 0 Å². The summed E-state index contributed by atoms with van der Waals surface area (Å²) in [5, 5.41) is 0. The van der Waals surface area contributed by atoms with E-state index in [4.69, 9.17) is 42.6 Å².